The molecule has 1 aromatic rings. The summed E-state index contributed by atoms with van der Waals surface area (Å²) in [6, 6.07) is 1.54. The smallest absolute Gasteiger partial charge is 0.339 e. The van der Waals surface area contributed by atoms with Gasteiger partial charge in [-0.2, -0.15) is 0 Å². The summed E-state index contributed by atoms with van der Waals surface area (Å²) in [6.45, 7) is 5.36. The molecule has 0 saturated carbocycles. The van der Waals surface area contributed by atoms with Crippen LogP contribution in [0.4, 0.5) is 0 Å². The molecule has 0 amide bonds. The van der Waals surface area contributed by atoms with Gasteiger partial charge in [-0.25, -0.2) is 9.59 Å². The number of unbranched alkanes of at least 4 members (excludes halogenated alkanes) is 26. The van der Waals surface area contributed by atoms with Crippen LogP contribution in [0, 0.1) is 0 Å². The summed E-state index contributed by atoms with van der Waals surface area (Å²) >= 11 is 0. The van der Waals surface area contributed by atoms with E-state index < -0.39 is 11.9 Å². The van der Waals surface area contributed by atoms with Gasteiger partial charge in [-0.05, 0) is 18.9 Å². The zero-order chi connectivity index (χ0) is 31.8. The van der Waals surface area contributed by atoms with Crippen molar-refractivity contribution in [2.45, 2.75) is 194 Å². The Balaban J connectivity index is 1.99. The van der Waals surface area contributed by atoms with Gasteiger partial charge in [0.05, 0.1) is 24.3 Å². The van der Waals surface area contributed by atoms with Crippen molar-refractivity contribution in [3.05, 3.63) is 29.6 Å². The normalized spacial score (nSPS) is 11.1. The standard InChI is InChI=1S/C39H69NO4/c1-3-5-7-9-11-13-15-17-19-21-23-25-27-29-31-43-38(41)36-33-37(35-40-34-36)39(42)44-32-30-28-26-24-22-20-18-16-14-12-10-8-6-4-2/h33-35H,3-32H2,1-2H3. The molecular formula is C39H69NO4. The van der Waals surface area contributed by atoms with E-state index in [-0.39, 0.29) is 0 Å². The van der Waals surface area contributed by atoms with Gasteiger partial charge in [-0.15, -0.1) is 0 Å². The summed E-state index contributed by atoms with van der Waals surface area (Å²) in [5, 5.41) is 0. The molecule has 254 valence electrons. The molecule has 0 N–H and O–H groups in total. The van der Waals surface area contributed by atoms with Gasteiger partial charge in [0.1, 0.15) is 0 Å². The van der Waals surface area contributed by atoms with Gasteiger partial charge >= 0.3 is 11.9 Å². The number of rotatable bonds is 32. The van der Waals surface area contributed by atoms with E-state index in [1.165, 1.54) is 173 Å². The topological polar surface area (TPSA) is 65.5 Å². The Bertz CT molecular complexity index is 735. The molecule has 5 heteroatoms. The molecule has 1 heterocycles. The van der Waals surface area contributed by atoms with Crippen molar-refractivity contribution in [3.8, 4) is 0 Å². The largest absolute Gasteiger partial charge is 0.462 e. The summed E-state index contributed by atoms with van der Waals surface area (Å²) < 4.78 is 10.9. The van der Waals surface area contributed by atoms with Crippen molar-refractivity contribution < 1.29 is 19.1 Å². The monoisotopic (exact) mass is 616 g/mol. The SMILES string of the molecule is CCCCCCCCCCCCCCCCOC(=O)c1cncc(C(=O)OCCCCCCCCCCCCCCCC)c1. The number of carbonyl (C=O) groups excluding carboxylic acids is 2. The fraction of sp³-hybridized carbons (Fsp3) is 0.821. The second-order valence-corrected chi connectivity index (χ2v) is 12.9. The first-order chi connectivity index (χ1) is 21.7. The van der Waals surface area contributed by atoms with E-state index in [0.717, 1.165) is 25.7 Å². The van der Waals surface area contributed by atoms with Gasteiger partial charge in [-0.1, -0.05) is 181 Å². The molecule has 0 spiro atoms. The van der Waals surface area contributed by atoms with E-state index in [0.29, 0.717) is 24.3 Å². The predicted octanol–water partition coefficient (Wildman–Crippen LogP) is 12.4. The minimum absolute atomic E-state index is 0.307. The number of aromatic nitrogens is 1. The lowest BCUT2D eigenvalue weighted by molar-refractivity contribution is 0.0495. The van der Waals surface area contributed by atoms with Gasteiger partial charge < -0.3 is 9.47 Å². The molecule has 0 fully saturated rings. The lowest BCUT2D eigenvalue weighted by Gasteiger charge is -2.07. The van der Waals surface area contributed by atoms with Gasteiger partial charge in [0.15, 0.2) is 0 Å². The number of ether oxygens (including phenoxy) is 2. The van der Waals surface area contributed by atoms with Gasteiger partial charge in [0, 0.05) is 12.4 Å². The summed E-state index contributed by atoms with van der Waals surface area (Å²) in [5.41, 5.74) is 0.614. The molecule has 0 aliphatic heterocycles. The maximum absolute atomic E-state index is 12.4. The summed E-state index contributed by atoms with van der Waals surface area (Å²) in [6.07, 6.45) is 39.2. The fourth-order valence-electron chi connectivity index (χ4n) is 5.75. The zero-order valence-corrected chi connectivity index (χ0v) is 29.0. The molecule has 44 heavy (non-hydrogen) atoms. The summed E-state index contributed by atoms with van der Waals surface area (Å²) in [5.74, 6) is -0.845. The van der Waals surface area contributed by atoms with Crippen molar-refractivity contribution >= 4 is 11.9 Å². The fourth-order valence-corrected chi connectivity index (χ4v) is 5.75. The van der Waals surface area contributed by atoms with Crippen LogP contribution in [0.2, 0.25) is 0 Å². The van der Waals surface area contributed by atoms with Crippen LogP contribution in [0.5, 0.6) is 0 Å². The van der Waals surface area contributed by atoms with E-state index in [1.807, 2.05) is 0 Å². The van der Waals surface area contributed by atoms with Crippen LogP contribution in [0.15, 0.2) is 18.5 Å². The second-order valence-electron chi connectivity index (χ2n) is 12.9. The lowest BCUT2D eigenvalue weighted by atomic mass is 10.0. The predicted molar refractivity (Wildman–Crippen MR) is 185 cm³/mol. The maximum Gasteiger partial charge on any atom is 0.339 e. The van der Waals surface area contributed by atoms with Crippen molar-refractivity contribution in [3.63, 3.8) is 0 Å². The molecule has 0 unspecified atom stereocenters. The third-order valence-electron chi connectivity index (χ3n) is 8.67. The van der Waals surface area contributed by atoms with Crippen LogP contribution >= 0.6 is 0 Å². The highest BCUT2D eigenvalue weighted by atomic mass is 16.5. The van der Waals surface area contributed by atoms with Crippen LogP contribution in [0.3, 0.4) is 0 Å². The minimum atomic E-state index is -0.422. The molecule has 1 aromatic heterocycles. The molecule has 0 atom stereocenters. The Kier molecular flexibility index (Phi) is 28.3. The van der Waals surface area contributed by atoms with Crippen LogP contribution in [0.25, 0.3) is 0 Å². The van der Waals surface area contributed by atoms with Crippen molar-refractivity contribution in [1.82, 2.24) is 4.98 Å². The number of hydrogen-bond donors (Lipinski definition) is 0. The highest BCUT2D eigenvalue weighted by Gasteiger charge is 2.13. The van der Waals surface area contributed by atoms with Crippen LogP contribution in [-0.4, -0.2) is 30.1 Å². The number of pyridine rings is 1. The first-order valence-electron chi connectivity index (χ1n) is 19.0. The minimum Gasteiger partial charge on any atom is -0.462 e. The van der Waals surface area contributed by atoms with Crippen molar-refractivity contribution in [2.75, 3.05) is 13.2 Å². The van der Waals surface area contributed by atoms with E-state index in [9.17, 15) is 9.59 Å². The molecule has 0 radical (unpaired) electrons. The van der Waals surface area contributed by atoms with Crippen LogP contribution in [-0.2, 0) is 9.47 Å². The summed E-state index contributed by atoms with van der Waals surface area (Å²) in [4.78, 5) is 29.0. The summed E-state index contributed by atoms with van der Waals surface area (Å²) in [7, 11) is 0. The highest BCUT2D eigenvalue weighted by molar-refractivity contribution is 5.94. The molecule has 0 aromatic carbocycles. The quantitative estimate of drug-likeness (QED) is 0.0596. The third-order valence-corrected chi connectivity index (χ3v) is 8.67. The molecular weight excluding hydrogens is 546 g/mol. The number of carbonyl (C=O) groups is 2. The number of hydrogen-bond acceptors (Lipinski definition) is 5. The Morgan fingerprint density at radius 2 is 0.682 bits per heavy atom. The average Bonchev–Trinajstić information content (AvgIpc) is 3.04. The first kappa shape index (κ1) is 40.1. The van der Waals surface area contributed by atoms with Gasteiger partial charge in [0.2, 0.25) is 0 Å². The Morgan fingerprint density at radius 1 is 0.432 bits per heavy atom. The molecule has 0 bridgehead atoms. The van der Waals surface area contributed by atoms with E-state index in [2.05, 4.69) is 18.8 Å². The van der Waals surface area contributed by atoms with Crippen LogP contribution < -0.4 is 0 Å². The molecule has 0 aliphatic carbocycles. The van der Waals surface area contributed by atoms with Gasteiger partial charge in [-0.3, -0.25) is 4.98 Å². The Morgan fingerprint density at radius 3 is 0.955 bits per heavy atom. The second kappa shape index (κ2) is 31.1. The number of nitrogens with zero attached hydrogens (tertiary/aromatic N) is 1. The molecule has 0 aliphatic rings. The van der Waals surface area contributed by atoms with Crippen molar-refractivity contribution in [2.24, 2.45) is 0 Å². The maximum atomic E-state index is 12.4. The number of esters is 2. The van der Waals surface area contributed by atoms with Gasteiger partial charge in [0.25, 0.3) is 0 Å². The van der Waals surface area contributed by atoms with Crippen molar-refractivity contribution in [1.29, 1.82) is 0 Å². The zero-order valence-electron chi connectivity index (χ0n) is 29.0. The van der Waals surface area contributed by atoms with E-state index in [1.54, 1.807) is 0 Å². The molecule has 1 rings (SSSR count). The lowest BCUT2D eigenvalue weighted by Crippen LogP contribution is -2.11. The van der Waals surface area contributed by atoms with E-state index >= 15 is 0 Å². The third kappa shape index (κ3) is 24.4. The van der Waals surface area contributed by atoms with Crippen LogP contribution in [0.1, 0.15) is 214 Å². The first-order valence-corrected chi connectivity index (χ1v) is 19.0. The Labute approximate surface area is 272 Å². The molecule has 0 saturated heterocycles. The molecule has 5 nitrogen and oxygen atoms in total. The Hall–Kier alpha value is -1.91. The highest BCUT2D eigenvalue weighted by Crippen LogP contribution is 2.15. The average molecular weight is 616 g/mol. The van der Waals surface area contributed by atoms with E-state index in [4.69, 9.17) is 9.47 Å².